The van der Waals surface area contributed by atoms with E-state index in [-0.39, 0.29) is 15.3 Å². The average molecular weight is 375 g/mol. The number of likely N-dealkylation sites (N-methyl/N-ethyl adjacent to an activating group) is 1. The molecular weight excluding hydrogens is 362 g/mol. The highest BCUT2D eigenvalue weighted by Gasteiger charge is 2.25. The van der Waals surface area contributed by atoms with E-state index in [1.807, 2.05) is 0 Å². The van der Waals surface area contributed by atoms with Crippen molar-refractivity contribution in [2.45, 2.75) is 11.8 Å². The Morgan fingerprint density at radius 2 is 2.21 bits per heavy atom. The zero-order valence-corrected chi connectivity index (χ0v) is 13.5. The molecule has 108 valence electrons. The highest BCUT2D eigenvalue weighted by molar-refractivity contribution is 9.10. The van der Waals surface area contributed by atoms with E-state index in [2.05, 4.69) is 15.9 Å². The van der Waals surface area contributed by atoms with Gasteiger partial charge in [0.25, 0.3) is 15.0 Å². The minimum absolute atomic E-state index is 0.0892. The van der Waals surface area contributed by atoms with E-state index >= 15 is 0 Å². The SMILES string of the molecule is CCN(CCOC)C(=O)c1cc(S(=O)(=O)Cl)c(Br)o1. The fourth-order valence-electron chi connectivity index (χ4n) is 1.38. The van der Waals surface area contributed by atoms with Gasteiger partial charge in [-0.2, -0.15) is 0 Å². The third kappa shape index (κ3) is 4.20. The molecule has 1 aromatic rings. The Morgan fingerprint density at radius 1 is 1.58 bits per heavy atom. The van der Waals surface area contributed by atoms with Gasteiger partial charge in [-0.3, -0.25) is 4.79 Å². The lowest BCUT2D eigenvalue weighted by atomic mass is 10.3. The van der Waals surface area contributed by atoms with Gasteiger partial charge >= 0.3 is 0 Å². The molecule has 0 bridgehead atoms. The monoisotopic (exact) mass is 373 g/mol. The second-order valence-corrected chi connectivity index (χ2v) is 6.82. The van der Waals surface area contributed by atoms with Crippen molar-refractivity contribution >= 4 is 41.6 Å². The first-order valence-corrected chi connectivity index (χ1v) is 8.43. The second kappa shape index (κ2) is 6.74. The molecule has 0 spiro atoms. The Bertz CT molecular complexity index is 556. The van der Waals surface area contributed by atoms with E-state index in [1.54, 1.807) is 6.92 Å². The van der Waals surface area contributed by atoms with Gasteiger partial charge in [0.05, 0.1) is 6.61 Å². The number of furan rings is 1. The fraction of sp³-hybridized carbons (Fsp3) is 0.500. The van der Waals surface area contributed by atoms with Crippen LogP contribution in [0.4, 0.5) is 0 Å². The number of hydrogen-bond acceptors (Lipinski definition) is 5. The molecule has 9 heteroatoms. The number of carbonyl (C=O) groups excluding carboxylic acids is 1. The summed E-state index contributed by atoms with van der Waals surface area (Å²) in [7, 11) is 2.78. The van der Waals surface area contributed by atoms with E-state index in [4.69, 9.17) is 19.8 Å². The second-order valence-electron chi connectivity index (χ2n) is 3.56. The standard InChI is InChI=1S/C10H13BrClNO5S/c1-3-13(4-5-17-2)10(14)7-6-8(9(11)18-7)19(12,15)16/h6H,3-5H2,1-2H3. The summed E-state index contributed by atoms with van der Waals surface area (Å²) in [6, 6.07) is 1.10. The Labute approximate surface area is 124 Å². The van der Waals surface area contributed by atoms with Crippen LogP contribution in [0.15, 0.2) is 20.0 Å². The maximum Gasteiger partial charge on any atom is 0.289 e. The summed E-state index contributed by atoms with van der Waals surface area (Å²) in [5.74, 6) is -0.518. The number of hydrogen-bond donors (Lipinski definition) is 0. The minimum atomic E-state index is -3.96. The van der Waals surface area contributed by atoms with Crippen LogP contribution in [-0.2, 0) is 13.8 Å². The van der Waals surface area contributed by atoms with Crippen LogP contribution in [0.2, 0.25) is 0 Å². The highest BCUT2D eigenvalue weighted by atomic mass is 79.9. The van der Waals surface area contributed by atoms with Crippen LogP contribution >= 0.6 is 26.6 Å². The summed E-state index contributed by atoms with van der Waals surface area (Å²) in [6.07, 6.45) is 0. The number of methoxy groups -OCH3 is 1. The number of nitrogens with zero attached hydrogens (tertiary/aromatic N) is 1. The third-order valence-electron chi connectivity index (χ3n) is 2.36. The predicted molar refractivity (Wildman–Crippen MR) is 72.9 cm³/mol. The number of rotatable bonds is 6. The van der Waals surface area contributed by atoms with Crippen molar-refractivity contribution in [2.24, 2.45) is 0 Å². The van der Waals surface area contributed by atoms with E-state index < -0.39 is 15.0 Å². The molecule has 1 amide bonds. The third-order valence-corrected chi connectivity index (χ3v) is 4.54. The number of carbonyl (C=O) groups is 1. The quantitative estimate of drug-likeness (QED) is 0.713. The van der Waals surface area contributed by atoms with Crippen LogP contribution in [0.25, 0.3) is 0 Å². The van der Waals surface area contributed by atoms with E-state index in [0.717, 1.165) is 6.07 Å². The van der Waals surface area contributed by atoms with Crippen LogP contribution in [0, 0.1) is 0 Å². The van der Waals surface area contributed by atoms with Crippen molar-refractivity contribution in [3.63, 3.8) is 0 Å². The molecule has 0 unspecified atom stereocenters. The average Bonchev–Trinajstić information content (AvgIpc) is 2.72. The molecule has 0 N–H and O–H groups in total. The van der Waals surface area contributed by atoms with Crippen molar-refractivity contribution in [3.05, 3.63) is 16.5 Å². The van der Waals surface area contributed by atoms with Crippen LogP contribution in [-0.4, -0.2) is 46.0 Å². The van der Waals surface area contributed by atoms with E-state index in [1.165, 1.54) is 12.0 Å². The lowest BCUT2D eigenvalue weighted by Crippen LogP contribution is -2.33. The first-order valence-electron chi connectivity index (χ1n) is 5.33. The van der Waals surface area contributed by atoms with Gasteiger partial charge in [0, 0.05) is 36.9 Å². The van der Waals surface area contributed by atoms with Gasteiger partial charge in [0.1, 0.15) is 4.90 Å². The van der Waals surface area contributed by atoms with Gasteiger partial charge in [0.15, 0.2) is 10.4 Å². The molecule has 0 aliphatic carbocycles. The molecule has 19 heavy (non-hydrogen) atoms. The topological polar surface area (TPSA) is 76.8 Å². The zero-order chi connectivity index (χ0) is 14.6. The number of amides is 1. The first-order chi connectivity index (χ1) is 8.81. The van der Waals surface area contributed by atoms with Crippen LogP contribution in [0.1, 0.15) is 17.5 Å². The Hall–Kier alpha value is -0.570. The zero-order valence-electron chi connectivity index (χ0n) is 10.4. The molecule has 1 heterocycles. The summed E-state index contributed by atoms with van der Waals surface area (Å²) >= 11 is 2.92. The Morgan fingerprint density at radius 3 is 2.63 bits per heavy atom. The maximum atomic E-state index is 12.1. The molecule has 0 aliphatic heterocycles. The summed E-state index contributed by atoms with van der Waals surface area (Å²) < 4.78 is 32.4. The van der Waals surface area contributed by atoms with Gasteiger partial charge in [-0.25, -0.2) is 8.42 Å². The van der Waals surface area contributed by atoms with Gasteiger partial charge in [-0.05, 0) is 22.9 Å². The molecule has 0 saturated heterocycles. The summed E-state index contributed by atoms with van der Waals surface area (Å²) in [5, 5.41) is 0. The Kier molecular flexibility index (Phi) is 5.84. The summed E-state index contributed by atoms with van der Waals surface area (Å²) in [6.45, 7) is 3.00. The van der Waals surface area contributed by atoms with Gasteiger partial charge < -0.3 is 14.1 Å². The number of halogens is 2. The van der Waals surface area contributed by atoms with Crippen molar-refractivity contribution in [3.8, 4) is 0 Å². The molecule has 1 rings (SSSR count). The number of ether oxygens (including phenoxy) is 1. The molecule has 0 aromatic carbocycles. The summed E-state index contributed by atoms with van der Waals surface area (Å²) in [5.41, 5.74) is 0. The molecule has 0 aliphatic rings. The largest absolute Gasteiger partial charge is 0.443 e. The van der Waals surface area contributed by atoms with Crippen LogP contribution < -0.4 is 0 Å². The van der Waals surface area contributed by atoms with Gasteiger partial charge in [-0.1, -0.05) is 0 Å². The minimum Gasteiger partial charge on any atom is -0.443 e. The fourth-order valence-corrected chi connectivity index (χ4v) is 3.42. The van der Waals surface area contributed by atoms with Crippen LogP contribution in [0.3, 0.4) is 0 Å². The predicted octanol–water partition coefficient (Wildman–Crippen LogP) is 2.08. The van der Waals surface area contributed by atoms with E-state index in [9.17, 15) is 13.2 Å². The lowest BCUT2D eigenvalue weighted by Gasteiger charge is -2.18. The molecule has 0 radical (unpaired) electrons. The van der Waals surface area contributed by atoms with Crippen LogP contribution in [0.5, 0.6) is 0 Å². The molecule has 0 atom stereocenters. The molecular formula is C10H13BrClNO5S. The van der Waals surface area contributed by atoms with Crippen molar-refractivity contribution in [1.82, 2.24) is 4.90 Å². The molecule has 6 nitrogen and oxygen atoms in total. The summed E-state index contributed by atoms with van der Waals surface area (Å²) in [4.78, 5) is 13.3. The first kappa shape index (κ1) is 16.5. The smallest absolute Gasteiger partial charge is 0.289 e. The van der Waals surface area contributed by atoms with Crippen molar-refractivity contribution in [1.29, 1.82) is 0 Å². The van der Waals surface area contributed by atoms with Crippen molar-refractivity contribution < 1.29 is 22.4 Å². The van der Waals surface area contributed by atoms with Gasteiger partial charge in [0.2, 0.25) is 0 Å². The molecule has 1 aromatic heterocycles. The maximum absolute atomic E-state index is 12.1. The van der Waals surface area contributed by atoms with E-state index in [0.29, 0.717) is 19.7 Å². The molecule has 0 saturated carbocycles. The molecule has 0 fully saturated rings. The lowest BCUT2D eigenvalue weighted by molar-refractivity contribution is 0.0674. The Balaban J connectivity index is 3.00. The van der Waals surface area contributed by atoms with Crippen molar-refractivity contribution in [2.75, 3.05) is 26.8 Å². The van der Waals surface area contributed by atoms with Gasteiger partial charge in [-0.15, -0.1) is 0 Å². The normalized spacial score (nSPS) is 11.6. The highest BCUT2D eigenvalue weighted by Crippen LogP contribution is 2.29.